The van der Waals surface area contributed by atoms with E-state index >= 15 is 0 Å². The minimum absolute atomic E-state index is 0.0578. The third-order valence-corrected chi connectivity index (χ3v) is 4.10. The average Bonchev–Trinajstić information content (AvgIpc) is 2.62. The summed E-state index contributed by atoms with van der Waals surface area (Å²) in [6, 6.07) is 13.6. The number of carbonyl (C=O) groups excluding carboxylic acids is 2. The van der Waals surface area contributed by atoms with Gasteiger partial charge in [-0.3, -0.25) is 14.6 Å². The van der Waals surface area contributed by atoms with Crippen molar-refractivity contribution >= 4 is 11.8 Å². The Kier molecular flexibility index (Phi) is 4.37. The van der Waals surface area contributed by atoms with E-state index in [0.29, 0.717) is 31.9 Å². The number of rotatable bonds is 2. The van der Waals surface area contributed by atoms with E-state index in [2.05, 4.69) is 4.98 Å². The molecule has 2 aromatic rings. The lowest BCUT2D eigenvalue weighted by Gasteiger charge is -2.34. The minimum Gasteiger partial charge on any atom is -0.339 e. The van der Waals surface area contributed by atoms with Crippen LogP contribution in [-0.2, 0) is 4.79 Å². The van der Waals surface area contributed by atoms with Crippen LogP contribution in [0.2, 0.25) is 0 Å². The van der Waals surface area contributed by atoms with E-state index in [4.69, 9.17) is 0 Å². The Morgan fingerprint density at radius 1 is 0.870 bits per heavy atom. The highest BCUT2D eigenvalue weighted by molar-refractivity contribution is 5.92. The Morgan fingerprint density at radius 2 is 1.52 bits per heavy atom. The molecule has 1 aliphatic heterocycles. The number of benzene rings is 1. The second-order valence-corrected chi connectivity index (χ2v) is 5.60. The molecular weight excluding hydrogens is 290 g/mol. The van der Waals surface area contributed by atoms with Crippen molar-refractivity contribution in [3.63, 3.8) is 0 Å². The van der Waals surface area contributed by atoms with Gasteiger partial charge in [-0.2, -0.15) is 0 Å². The Labute approximate surface area is 135 Å². The SMILES string of the molecule is CC(=O)N1CCN(C(=O)c2ccc(-c3ccccc3)cn2)CC1. The molecule has 3 rings (SSSR count). The molecule has 1 fully saturated rings. The second kappa shape index (κ2) is 6.60. The van der Waals surface area contributed by atoms with Crippen LogP contribution in [-0.4, -0.2) is 52.8 Å². The number of nitrogens with zero attached hydrogens (tertiary/aromatic N) is 3. The molecule has 0 radical (unpaired) electrons. The predicted octanol–water partition coefficient (Wildman–Crippen LogP) is 2.05. The largest absolute Gasteiger partial charge is 0.339 e. The molecular formula is C18H19N3O2. The number of carbonyl (C=O) groups is 2. The van der Waals surface area contributed by atoms with Crippen LogP contribution >= 0.6 is 0 Å². The van der Waals surface area contributed by atoms with Crippen LogP contribution in [0.5, 0.6) is 0 Å². The van der Waals surface area contributed by atoms with Gasteiger partial charge in [0.15, 0.2) is 0 Å². The molecule has 0 N–H and O–H groups in total. The molecule has 0 aliphatic carbocycles. The van der Waals surface area contributed by atoms with E-state index in [1.54, 1.807) is 29.0 Å². The molecule has 0 unspecified atom stereocenters. The average molecular weight is 309 g/mol. The minimum atomic E-state index is -0.0761. The Balaban J connectivity index is 1.68. The lowest BCUT2D eigenvalue weighted by Crippen LogP contribution is -2.50. The van der Waals surface area contributed by atoms with Gasteiger partial charge in [0, 0.05) is 44.9 Å². The van der Waals surface area contributed by atoms with Crippen LogP contribution in [0.3, 0.4) is 0 Å². The van der Waals surface area contributed by atoms with Crippen molar-refractivity contribution in [3.8, 4) is 11.1 Å². The first kappa shape index (κ1) is 15.2. The zero-order valence-corrected chi connectivity index (χ0v) is 13.1. The van der Waals surface area contributed by atoms with Crippen LogP contribution in [0, 0.1) is 0 Å². The van der Waals surface area contributed by atoms with Crippen LogP contribution in [0.4, 0.5) is 0 Å². The van der Waals surface area contributed by atoms with Gasteiger partial charge >= 0.3 is 0 Å². The summed E-state index contributed by atoms with van der Waals surface area (Å²) < 4.78 is 0. The zero-order chi connectivity index (χ0) is 16.2. The molecule has 0 spiro atoms. The van der Waals surface area contributed by atoms with Crippen molar-refractivity contribution in [2.75, 3.05) is 26.2 Å². The van der Waals surface area contributed by atoms with Crippen molar-refractivity contribution in [1.29, 1.82) is 0 Å². The highest BCUT2D eigenvalue weighted by Crippen LogP contribution is 2.18. The van der Waals surface area contributed by atoms with E-state index in [9.17, 15) is 9.59 Å². The van der Waals surface area contributed by atoms with Crippen molar-refractivity contribution < 1.29 is 9.59 Å². The van der Waals surface area contributed by atoms with Crippen LogP contribution in [0.25, 0.3) is 11.1 Å². The standard InChI is InChI=1S/C18H19N3O2/c1-14(22)20-9-11-21(12-10-20)18(23)17-8-7-16(13-19-17)15-5-3-2-4-6-15/h2-8,13H,9-12H2,1H3. The molecule has 1 aromatic heterocycles. The normalized spacial score (nSPS) is 14.7. The van der Waals surface area contributed by atoms with Crippen molar-refractivity contribution in [1.82, 2.24) is 14.8 Å². The highest BCUT2D eigenvalue weighted by atomic mass is 16.2. The molecule has 5 heteroatoms. The monoisotopic (exact) mass is 309 g/mol. The molecule has 2 heterocycles. The van der Waals surface area contributed by atoms with Gasteiger partial charge in [0.1, 0.15) is 5.69 Å². The van der Waals surface area contributed by atoms with Gasteiger partial charge in [0.05, 0.1) is 0 Å². The van der Waals surface area contributed by atoms with E-state index in [1.807, 2.05) is 36.4 Å². The van der Waals surface area contributed by atoms with E-state index in [-0.39, 0.29) is 11.8 Å². The Hall–Kier alpha value is -2.69. The summed E-state index contributed by atoms with van der Waals surface area (Å²) in [5.41, 5.74) is 2.51. The third kappa shape index (κ3) is 3.39. The summed E-state index contributed by atoms with van der Waals surface area (Å²) in [6.45, 7) is 3.84. The maximum atomic E-state index is 12.5. The molecule has 1 saturated heterocycles. The maximum Gasteiger partial charge on any atom is 0.272 e. The van der Waals surface area contributed by atoms with E-state index < -0.39 is 0 Å². The number of hydrogen-bond acceptors (Lipinski definition) is 3. The number of amides is 2. The van der Waals surface area contributed by atoms with Gasteiger partial charge in [0.25, 0.3) is 5.91 Å². The summed E-state index contributed by atoms with van der Waals surface area (Å²) in [6.07, 6.45) is 1.73. The van der Waals surface area contributed by atoms with Gasteiger partial charge < -0.3 is 9.80 Å². The van der Waals surface area contributed by atoms with Crippen molar-refractivity contribution in [2.24, 2.45) is 0 Å². The number of hydrogen-bond donors (Lipinski definition) is 0. The summed E-state index contributed by atoms with van der Waals surface area (Å²) in [5, 5.41) is 0. The van der Waals surface area contributed by atoms with Gasteiger partial charge in [-0.15, -0.1) is 0 Å². The number of aromatic nitrogens is 1. The molecule has 118 valence electrons. The topological polar surface area (TPSA) is 53.5 Å². The first-order valence-electron chi connectivity index (χ1n) is 7.71. The Bertz CT molecular complexity index is 690. The molecule has 1 aromatic carbocycles. The molecule has 1 aliphatic rings. The third-order valence-electron chi connectivity index (χ3n) is 4.10. The first-order chi connectivity index (χ1) is 11.1. The van der Waals surface area contributed by atoms with Crippen molar-refractivity contribution in [3.05, 3.63) is 54.4 Å². The summed E-state index contributed by atoms with van der Waals surface area (Å²) in [7, 11) is 0. The molecule has 0 saturated carbocycles. The van der Waals surface area contributed by atoms with Gasteiger partial charge in [-0.05, 0) is 11.6 Å². The van der Waals surface area contributed by atoms with Crippen molar-refractivity contribution in [2.45, 2.75) is 6.92 Å². The van der Waals surface area contributed by atoms with E-state index in [1.165, 1.54) is 0 Å². The lowest BCUT2D eigenvalue weighted by atomic mass is 10.1. The molecule has 5 nitrogen and oxygen atoms in total. The van der Waals surface area contributed by atoms with Crippen LogP contribution in [0.1, 0.15) is 17.4 Å². The summed E-state index contributed by atoms with van der Waals surface area (Å²) in [5.74, 6) is -0.0183. The fraction of sp³-hybridized carbons (Fsp3) is 0.278. The smallest absolute Gasteiger partial charge is 0.272 e. The summed E-state index contributed by atoms with van der Waals surface area (Å²) in [4.78, 5) is 31.6. The van der Waals surface area contributed by atoms with Gasteiger partial charge in [-0.1, -0.05) is 36.4 Å². The fourth-order valence-corrected chi connectivity index (χ4v) is 2.71. The van der Waals surface area contributed by atoms with Gasteiger partial charge in [-0.25, -0.2) is 0 Å². The quantitative estimate of drug-likeness (QED) is 0.853. The maximum absolute atomic E-state index is 12.5. The first-order valence-corrected chi connectivity index (χ1v) is 7.71. The molecule has 0 bridgehead atoms. The predicted molar refractivity (Wildman–Crippen MR) is 87.8 cm³/mol. The fourth-order valence-electron chi connectivity index (χ4n) is 2.71. The Morgan fingerprint density at radius 3 is 2.09 bits per heavy atom. The molecule has 2 amide bonds. The van der Waals surface area contributed by atoms with Crippen LogP contribution in [0.15, 0.2) is 48.7 Å². The highest BCUT2D eigenvalue weighted by Gasteiger charge is 2.23. The zero-order valence-electron chi connectivity index (χ0n) is 13.1. The van der Waals surface area contributed by atoms with Gasteiger partial charge in [0.2, 0.25) is 5.91 Å². The molecule has 23 heavy (non-hydrogen) atoms. The molecule has 0 atom stereocenters. The summed E-state index contributed by atoms with van der Waals surface area (Å²) >= 11 is 0. The number of piperazine rings is 1. The van der Waals surface area contributed by atoms with Crippen LogP contribution < -0.4 is 0 Å². The second-order valence-electron chi connectivity index (χ2n) is 5.60. The lowest BCUT2D eigenvalue weighted by molar-refractivity contribution is -0.130. The number of pyridine rings is 1. The van der Waals surface area contributed by atoms with E-state index in [0.717, 1.165) is 11.1 Å².